The first-order chi connectivity index (χ1) is 9.20. The fourth-order valence-corrected chi connectivity index (χ4v) is 2.30. The van der Waals surface area contributed by atoms with Crippen LogP contribution in [0.1, 0.15) is 31.2 Å². The number of benzene rings is 1. The van der Waals surface area contributed by atoms with Crippen LogP contribution in [0, 0.1) is 5.92 Å². The van der Waals surface area contributed by atoms with Crippen LogP contribution in [0.3, 0.4) is 0 Å². The summed E-state index contributed by atoms with van der Waals surface area (Å²) >= 11 is 0. The third kappa shape index (κ3) is 3.96. The monoisotopic (exact) mass is 264 g/mol. The van der Waals surface area contributed by atoms with Gasteiger partial charge >= 0.3 is 7.12 Å². The zero-order valence-electron chi connectivity index (χ0n) is 11.3. The minimum Gasteiger partial charge on any atom is -0.497 e. The van der Waals surface area contributed by atoms with E-state index >= 15 is 0 Å². The van der Waals surface area contributed by atoms with E-state index in [9.17, 15) is 10.0 Å². The SMILES string of the molecule is COc1ccc(B(O)O)c(COCCC2CCC2)c1. The van der Waals surface area contributed by atoms with Crippen molar-refractivity contribution in [2.45, 2.75) is 32.3 Å². The molecule has 0 aromatic heterocycles. The molecule has 1 aromatic carbocycles. The molecule has 0 saturated heterocycles. The number of hydrogen-bond acceptors (Lipinski definition) is 4. The Kier molecular flexibility index (Phi) is 5.25. The summed E-state index contributed by atoms with van der Waals surface area (Å²) in [6.45, 7) is 1.11. The molecule has 0 heterocycles. The fourth-order valence-electron chi connectivity index (χ4n) is 2.30. The van der Waals surface area contributed by atoms with Crippen molar-refractivity contribution in [3.05, 3.63) is 23.8 Å². The van der Waals surface area contributed by atoms with E-state index in [0.29, 0.717) is 17.8 Å². The molecule has 0 aliphatic heterocycles. The molecule has 5 heteroatoms. The summed E-state index contributed by atoms with van der Waals surface area (Å²) in [5, 5.41) is 18.6. The van der Waals surface area contributed by atoms with Crippen molar-refractivity contribution in [2.24, 2.45) is 5.92 Å². The number of hydrogen-bond donors (Lipinski definition) is 2. The molecule has 1 fully saturated rings. The summed E-state index contributed by atoms with van der Waals surface area (Å²) in [6.07, 6.45) is 5.09. The summed E-state index contributed by atoms with van der Waals surface area (Å²) in [7, 11) is 0.113. The van der Waals surface area contributed by atoms with Crippen molar-refractivity contribution in [2.75, 3.05) is 13.7 Å². The Hall–Kier alpha value is -1.04. The summed E-state index contributed by atoms with van der Waals surface area (Å²) in [4.78, 5) is 0. The lowest BCUT2D eigenvalue weighted by Crippen LogP contribution is -2.33. The summed E-state index contributed by atoms with van der Waals surface area (Å²) in [5.41, 5.74) is 1.24. The molecule has 104 valence electrons. The van der Waals surface area contributed by atoms with Gasteiger partial charge in [-0.1, -0.05) is 25.3 Å². The van der Waals surface area contributed by atoms with E-state index in [1.54, 1.807) is 25.3 Å². The van der Waals surface area contributed by atoms with E-state index in [0.717, 1.165) is 24.5 Å². The maximum Gasteiger partial charge on any atom is 0.488 e. The van der Waals surface area contributed by atoms with Crippen LogP contribution in [0.2, 0.25) is 0 Å². The van der Waals surface area contributed by atoms with Gasteiger partial charge in [-0.15, -0.1) is 0 Å². The largest absolute Gasteiger partial charge is 0.497 e. The first kappa shape index (κ1) is 14.4. The molecular weight excluding hydrogens is 243 g/mol. The van der Waals surface area contributed by atoms with E-state index in [4.69, 9.17) is 9.47 Å². The van der Waals surface area contributed by atoms with Gasteiger partial charge in [-0.3, -0.25) is 0 Å². The highest BCUT2D eigenvalue weighted by Gasteiger charge is 2.18. The standard InChI is InChI=1S/C14H21BO4/c1-18-13-5-6-14(15(16)17)12(9-13)10-19-8-7-11-3-2-4-11/h5-6,9,11,16-17H,2-4,7-8,10H2,1H3. The van der Waals surface area contributed by atoms with Crippen molar-refractivity contribution in [3.8, 4) is 5.75 Å². The maximum absolute atomic E-state index is 9.32. The summed E-state index contributed by atoms with van der Waals surface area (Å²) in [6, 6.07) is 5.17. The van der Waals surface area contributed by atoms with E-state index in [2.05, 4.69) is 0 Å². The number of ether oxygens (including phenoxy) is 2. The zero-order valence-corrected chi connectivity index (χ0v) is 11.3. The third-order valence-corrected chi connectivity index (χ3v) is 3.78. The Morgan fingerprint density at radius 1 is 1.32 bits per heavy atom. The molecule has 0 unspecified atom stereocenters. The van der Waals surface area contributed by atoms with Crippen LogP contribution in [0.15, 0.2) is 18.2 Å². The van der Waals surface area contributed by atoms with Gasteiger partial charge in [-0.25, -0.2) is 0 Å². The van der Waals surface area contributed by atoms with Crippen LogP contribution in [0.4, 0.5) is 0 Å². The molecule has 1 saturated carbocycles. The second-order valence-corrected chi connectivity index (χ2v) is 5.08. The fraction of sp³-hybridized carbons (Fsp3) is 0.571. The van der Waals surface area contributed by atoms with Gasteiger partial charge in [0.2, 0.25) is 0 Å². The summed E-state index contributed by atoms with van der Waals surface area (Å²) in [5.74, 6) is 1.52. The quantitative estimate of drug-likeness (QED) is 0.571. The highest BCUT2D eigenvalue weighted by Crippen LogP contribution is 2.29. The lowest BCUT2D eigenvalue weighted by atomic mass is 9.77. The minimum atomic E-state index is -1.48. The van der Waals surface area contributed by atoms with E-state index in [1.165, 1.54) is 19.3 Å². The average molecular weight is 264 g/mol. The Morgan fingerprint density at radius 2 is 2.11 bits per heavy atom. The Labute approximate surface area is 114 Å². The Bertz CT molecular complexity index is 404. The molecule has 0 amide bonds. The van der Waals surface area contributed by atoms with Crippen LogP contribution in [-0.2, 0) is 11.3 Å². The van der Waals surface area contributed by atoms with Crippen molar-refractivity contribution in [1.82, 2.24) is 0 Å². The van der Waals surface area contributed by atoms with Gasteiger partial charge in [0.1, 0.15) is 5.75 Å². The van der Waals surface area contributed by atoms with Crippen molar-refractivity contribution in [1.29, 1.82) is 0 Å². The van der Waals surface area contributed by atoms with Gasteiger partial charge in [0.05, 0.1) is 13.7 Å². The molecule has 0 spiro atoms. The lowest BCUT2D eigenvalue weighted by Gasteiger charge is -2.25. The molecule has 0 atom stereocenters. The first-order valence-corrected chi connectivity index (χ1v) is 6.81. The van der Waals surface area contributed by atoms with E-state index < -0.39 is 7.12 Å². The van der Waals surface area contributed by atoms with E-state index in [1.807, 2.05) is 0 Å². The van der Waals surface area contributed by atoms with Gasteiger partial charge in [0, 0.05) is 6.61 Å². The highest BCUT2D eigenvalue weighted by atomic mass is 16.5. The third-order valence-electron chi connectivity index (χ3n) is 3.78. The Morgan fingerprint density at radius 3 is 2.68 bits per heavy atom. The topological polar surface area (TPSA) is 58.9 Å². The van der Waals surface area contributed by atoms with Gasteiger partial charge in [0.25, 0.3) is 0 Å². The van der Waals surface area contributed by atoms with Crippen molar-refractivity contribution < 1.29 is 19.5 Å². The molecule has 1 aliphatic carbocycles. The van der Waals surface area contributed by atoms with Crippen LogP contribution in [0.5, 0.6) is 5.75 Å². The zero-order chi connectivity index (χ0) is 13.7. The Balaban J connectivity index is 1.88. The molecule has 1 aliphatic rings. The average Bonchev–Trinajstić information content (AvgIpc) is 2.35. The maximum atomic E-state index is 9.32. The molecule has 1 aromatic rings. The van der Waals surface area contributed by atoms with Crippen molar-refractivity contribution >= 4 is 12.6 Å². The smallest absolute Gasteiger partial charge is 0.488 e. The van der Waals surface area contributed by atoms with Crippen molar-refractivity contribution in [3.63, 3.8) is 0 Å². The van der Waals surface area contributed by atoms with Crippen LogP contribution < -0.4 is 10.2 Å². The van der Waals surface area contributed by atoms with E-state index in [-0.39, 0.29) is 0 Å². The molecule has 4 nitrogen and oxygen atoms in total. The van der Waals surface area contributed by atoms with Crippen LogP contribution in [-0.4, -0.2) is 30.9 Å². The predicted molar refractivity (Wildman–Crippen MR) is 74.4 cm³/mol. The normalized spacial score (nSPS) is 15.1. The van der Waals surface area contributed by atoms with Gasteiger partial charge in [0.15, 0.2) is 0 Å². The minimum absolute atomic E-state index is 0.386. The molecular formula is C14H21BO4. The van der Waals surface area contributed by atoms with Gasteiger partial charge in [-0.05, 0) is 35.5 Å². The van der Waals surface area contributed by atoms with Crippen LogP contribution >= 0.6 is 0 Å². The molecule has 19 heavy (non-hydrogen) atoms. The molecule has 0 bridgehead atoms. The van der Waals surface area contributed by atoms with Gasteiger partial charge in [-0.2, -0.15) is 0 Å². The lowest BCUT2D eigenvalue weighted by molar-refractivity contribution is 0.0952. The second kappa shape index (κ2) is 6.94. The molecule has 2 rings (SSSR count). The first-order valence-electron chi connectivity index (χ1n) is 6.81. The van der Waals surface area contributed by atoms with Gasteiger partial charge < -0.3 is 19.5 Å². The summed E-state index contributed by atoms with van der Waals surface area (Å²) < 4.78 is 10.8. The number of methoxy groups -OCH3 is 1. The van der Waals surface area contributed by atoms with Crippen LogP contribution in [0.25, 0.3) is 0 Å². The highest BCUT2D eigenvalue weighted by molar-refractivity contribution is 6.59. The molecule has 2 N–H and O–H groups in total. The second-order valence-electron chi connectivity index (χ2n) is 5.08. The number of rotatable bonds is 7. The predicted octanol–water partition coefficient (Wildman–Crippen LogP) is 1.08. The molecule has 0 radical (unpaired) electrons.